The summed E-state index contributed by atoms with van der Waals surface area (Å²) in [5, 5.41) is 22.2. The lowest BCUT2D eigenvalue weighted by Crippen LogP contribution is -2.27. The van der Waals surface area contributed by atoms with Gasteiger partial charge in [0.2, 0.25) is 0 Å². The summed E-state index contributed by atoms with van der Waals surface area (Å²) in [6.07, 6.45) is 6.88. The molecule has 0 atom stereocenters. The zero-order valence-electron chi connectivity index (χ0n) is 19.8. The van der Waals surface area contributed by atoms with Gasteiger partial charge in [-0.05, 0) is 19.9 Å². The van der Waals surface area contributed by atoms with Gasteiger partial charge < -0.3 is 16.2 Å². The molecule has 0 aliphatic carbocycles. The van der Waals surface area contributed by atoms with Gasteiger partial charge in [0.05, 0.1) is 17.0 Å². The first-order valence-electron chi connectivity index (χ1n) is 9.93. The van der Waals surface area contributed by atoms with Crippen molar-refractivity contribution in [2.75, 3.05) is 18.4 Å². The molecule has 0 aromatic carbocycles. The van der Waals surface area contributed by atoms with Gasteiger partial charge in [-0.3, -0.25) is 29.1 Å². The number of nitrogens with one attached hydrogen (secondary N) is 1. The lowest BCUT2D eigenvalue weighted by Gasteiger charge is -2.09. The number of pyridine rings is 1. The highest BCUT2D eigenvalue weighted by atomic mass is 19.4. The summed E-state index contributed by atoms with van der Waals surface area (Å²) in [5.74, 6) is -1.70. The zero-order chi connectivity index (χ0) is 27.9. The molecular weight excluding hydrogens is 473 g/mol. The topological polar surface area (TPSA) is 158 Å². The number of ketones is 1. The summed E-state index contributed by atoms with van der Waals surface area (Å²) in [6, 6.07) is 1.20. The smallest absolute Gasteiger partial charge is 0.416 e. The molecule has 35 heavy (non-hydrogen) atoms. The maximum absolute atomic E-state index is 12.1. The number of halogens is 3. The molecular formula is C22H29F3N4O6. The molecule has 0 spiro atoms. The molecule has 1 aromatic rings. The van der Waals surface area contributed by atoms with Crippen molar-refractivity contribution in [1.82, 2.24) is 4.57 Å². The molecule has 0 saturated carbocycles. The van der Waals surface area contributed by atoms with Gasteiger partial charge in [0.15, 0.2) is 5.78 Å². The van der Waals surface area contributed by atoms with Gasteiger partial charge in [-0.2, -0.15) is 13.2 Å². The van der Waals surface area contributed by atoms with Crippen LogP contribution in [0.25, 0.3) is 0 Å². The van der Waals surface area contributed by atoms with Crippen molar-refractivity contribution in [2.24, 2.45) is 11.7 Å². The molecule has 0 unspecified atom stereocenters. The van der Waals surface area contributed by atoms with E-state index in [0.717, 1.165) is 22.9 Å². The number of aromatic nitrogens is 1. The van der Waals surface area contributed by atoms with Crippen LogP contribution in [-0.2, 0) is 16.1 Å². The van der Waals surface area contributed by atoms with Crippen LogP contribution >= 0.6 is 0 Å². The highest BCUT2D eigenvalue weighted by Gasteiger charge is 2.31. The van der Waals surface area contributed by atoms with Crippen molar-refractivity contribution < 1.29 is 32.8 Å². The van der Waals surface area contributed by atoms with Crippen LogP contribution in [0.5, 0.6) is 0 Å². The lowest BCUT2D eigenvalue weighted by atomic mass is 10.1. The summed E-state index contributed by atoms with van der Waals surface area (Å²) in [4.78, 5) is 44.0. The largest absolute Gasteiger partial charge is 0.480 e. The minimum atomic E-state index is -4.30. The molecule has 10 nitrogen and oxygen atoms in total. The number of allylic oxidation sites excluding steroid dienone is 3. The molecule has 1 rings (SSSR count). The number of carbonyl (C=O) groups is 2. The number of carboxylic acid groups (broad SMARTS) is 1. The Morgan fingerprint density at radius 1 is 1.31 bits per heavy atom. The van der Waals surface area contributed by atoms with Crippen LogP contribution in [0.2, 0.25) is 0 Å². The second kappa shape index (κ2) is 15.8. The van der Waals surface area contributed by atoms with Crippen molar-refractivity contribution in [3.05, 3.63) is 56.0 Å². The van der Waals surface area contributed by atoms with Crippen molar-refractivity contribution in [2.45, 2.75) is 40.4 Å². The quantitative estimate of drug-likeness (QED) is 0.201. The third-order valence-corrected chi connectivity index (χ3v) is 3.83. The van der Waals surface area contributed by atoms with Gasteiger partial charge in [-0.1, -0.05) is 31.6 Å². The highest BCUT2D eigenvalue weighted by molar-refractivity contribution is 5.85. The van der Waals surface area contributed by atoms with Gasteiger partial charge in [0, 0.05) is 18.7 Å². The molecule has 0 aliphatic rings. The molecule has 0 saturated heterocycles. The van der Waals surface area contributed by atoms with E-state index in [0.29, 0.717) is 5.57 Å². The predicted molar refractivity (Wildman–Crippen MR) is 126 cm³/mol. The Kier molecular flexibility index (Phi) is 15.0. The number of alkyl halides is 3. The summed E-state index contributed by atoms with van der Waals surface area (Å²) < 4.78 is 37.0. The van der Waals surface area contributed by atoms with Crippen molar-refractivity contribution in [3.63, 3.8) is 0 Å². The Bertz CT molecular complexity index is 1020. The fourth-order valence-electron chi connectivity index (χ4n) is 2.23. The fourth-order valence-corrected chi connectivity index (χ4v) is 2.23. The second-order valence-corrected chi connectivity index (χ2v) is 7.25. The van der Waals surface area contributed by atoms with Crippen LogP contribution in [-0.4, -0.2) is 45.6 Å². The minimum absolute atomic E-state index is 0.0986. The standard InChI is InChI=1S/C12H15N3O6.C8H12F3N.C2H2/c1-7(2)9(16)5-13-8-3-4-14(6-10(17)18)12(19)11(8)15(20)21;1-6(2)5-7(3-4-12)8(9,10)11;1-2/h3-4,7,13H,5-6H2,1-2H3,(H,17,18);3,5H,4,12H2,1-2H3;1-2H/b;7-3+;. The molecule has 0 aliphatic heterocycles. The van der Waals surface area contributed by atoms with Crippen LogP contribution in [0.15, 0.2) is 40.4 Å². The number of anilines is 1. The number of terminal acetylenes is 1. The van der Waals surface area contributed by atoms with Gasteiger partial charge in [0.1, 0.15) is 12.2 Å². The molecule has 1 heterocycles. The average molecular weight is 502 g/mol. The summed E-state index contributed by atoms with van der Waals surface area (Å²) in [6.45, 7) is 5.66. The first-order valence-corrected chi connectivity index (χ1v) is 9.93. The number of nitrogens with two attached hydrogens (primary N) is 1. The first kappa shape index (κ1) is 33.3. The number of carbonyl (C=O) groups excluding carboxylic acids is 1. The van der Waals surface area contributed by atoms with Crippen molar-refractivity contribution in [3.8, 4) is 12.8 Å². The number of aliphatic carboxylic acids is 1. The van der Waals surface area contributed by atoms with Crippen LogP contribution in [0.3, 0.4) is 0 Å². The third kappa shape index (κ3) is 12.8. The number of hydrogen-bond acceptors (Lipinski definition) is 7. The highest BCUT2D eigenvalue weighted by Crippen LogP contribution is 2.27. The molecule has 0 bridgehead atoms. The summed E-state index contributed by atoms with van der Waals surface area (Å²) in [5.41, 5.74) is 2.99. The Hall–Kier alpha value is -3.92. The SMILES string of the molecule is C#C.CC(C)=C/C(=C\CN)C(F)(F)F.CC(C)C(=O)CNc1ccn(CC(=O)O)c(=O)c1[N+](=O)[O-]. The average Bonchev–Trinajstić information content (AvgIpc) is 2.73. The predicted octanol–water partition coefficient (Wildman–Crippen LogP) is 3.13. The number of rotatable bonds is 9. The van der Waals surface area contributed by atoms with Crippen LogP contribution < -0.4 is 16.6 Å². The normalized spacial score (nSPS) is 10.8. The van der Waals surface area contributed by atoms with E-state index in [9.17, 15) is 37.7 Å². The molecule has 13 heteroatoms. The molecule has 4 N–H and O–H groups in total. The minimum Gasteiger partial charge on any atom is -0.480 e. The van der Waals surface area contributed by atoms with E-state index in [1.807, 2.05) is 0 Å². The molecule has 194 valence electrons. The number of nitrogens with zero attached hydrogens (tertiary/aromatic N) is 2. The Morgan fingerprint density at radius 2 is 1.86 bits per heavy atom. The first-order chi connectivity index (χ1) is 16.1. The Morgan fingerprint density at radius 3 is 2.23 bits per heavy atom. The second-order valence-electron chi connectivity index (χ2n) is 7.25. The number of hydrogen-bond donors (Lipinski definition) is 3. The number of nitro groups is 1. The molecule has 0 fully saturated rings. The summed E-state index contributed by atoms with van der Waals surface area (Å²) >= 11 is 0. The van der Waals surface area contributed by atoms with E-state index in [4.69, 9.17) is 10.8 Å². The molecule has 1 aromatic heterocycles. The fraction of sp³-hybridized carbons (Fsp3) is 0.409. The van der Waals surface area contributed by atoms with E-state index >= 15 is 0 Å². The molecule has 0 amide bonds. The monoisotopic (exact) mass is 502 g/mol. The van der Waals surface area contributed by atoms with Gasteiger partial charge in [-0.25, -0.2) is 0 Å². The van der Waals surface area contributed by atoms with E-state index in [2.05, 4.69) is 18.2 Å². The van der Waals surface area contributed by atoms with Crippen molar-refractivity contribution >= 4 is 23.1 Å². The maximum Gasteiger partial charge on any atom is 0.416 e. The lowest BCUT2D eigenvalue weighted by molar-refractivity contribution is -0.385. The zero-order valence-corrected chi connectivity index (χ0v) is 19.8. The van der Waals surface area contributed by atoms with Crippen molar-refractivity contribution in [1.29, 1.82) is 0 Å². The Labute approximate surface area is 200 Å². The number of carboxylic acids is 1. The van der Waals surface area contributed by atoms with Crippen LogP contribution in [0.1, 0.15) is 27.7 Å². The van der Waals surface area contributed by atoms with Crippen LogP contribution in [0.4, 0.5) is 24.5 Å². The van der Waals surface area contributed by atoms with Crippen LogP contribution in [0, 0.1) is 28.9 Å². The van der Waals surface area contributed by atoms with E-state index in [1.165, 1.54) is 6.07 Å². The van der Waals surface area contributed by atoms with Gasteiger partial charge in [0.25, 0.3) is 0 Å². The molecule has 0 radical (unpaired) electrons. The van der Waals surface area contributed by atoms with E-state index in [1.54, 1.807) is 27.7 Å². The van der Waals surface area contributed by atoms with Gasteiger partial charge >= 0.3 is 23.4 Å². The van der Waals surface area contributed by atoms with E-state index in [-0.39, 0.29) is 30.5 Å². The van der Waals surface area contributed by atoms with E-state index < -0.39 is 40.4 Å². The summed E-state index contributed by atoms with van der Waals surface area (Å²) in [7, 11) is 0. The number of Topliss-reactive ketones (excluding diaryl/α,β-unsaturated/α-hetero) is 1. The Balaban J connectivity index is 0. The third-order valence-electron chi connectivity index (χ3n) is 3.83. The van der Waals surface area contributed by atoms with Gasteiger partial charge in [-0.15, -0.1) is 12.8 Å². The maximum atomic E-state index is 12.1.